The van der Waals surface area contributed by atoms with E-state index in [4.69, 9.17) is 5.11 Å². The molecule has 2 rings (SSSR count). The van der Waals surface area contributed by atoms with Gasteiger partial charge in [-0.1, -0.05) is 0 Å². The third-order valence-electron chi connectivity index (χ3n) is 2.96. The molecule has 19 heavy (non-hydrogen) atoms. The Labute approximate surface area is 116 Å². The van der Waals surface area contributed by atoms with Gasteiger partial charge in [-0.2, -0.15) is 0 Å². The van der Waals surface area contributed by atoms with E-state index in [9.17, 15) is 16.8 Å². The number of nitrogens with one attached hydrogen (secondary N) is 1. The van der Waals surface area contributed by atoms with Crippen LogP contribution in [0.5, 0.6) is 0 Å². The highest BCUT2D eigenvalue weighted by atomic mass is 32.2. The largest absolute Gasteiger partial charge is 0.392 e. The molecule has 9 heteroatoms. The second kappa shape index (κ2) is 4.81. The van der Waals surface area contributed by atoms with Crippen molar-refractivity contribution in [3.8, 4) is 0 Å². The Morgan fingerprint density at radius 2 is 2.21 bits per heavy atom. The Morgan fingerprint density at radius 1 is 1.53 bits per heavy atom. The van der Waals surface area contributed by atoms with Gasteiger partial charge in [0.2, 0.25) is 0 Å². The maximum absolute atomic E-state index is 12.2. The third kappa shape index (κ3) is 3.34. The molecule has 1 fully saturated rings. The van der Waals surface area contributed by atoms with Crippen molar-refractivity contribution < 1.29 is 21.9 Å². The first-order valence-electron chi connectivity index (χ1n) is 5.59. The minimum absolute atomic E-state index is 0.00164. The number of thiophene rings is 1. The van der Waals surface area contributed by atoms with Crippen molar-refractivity contribution in [2.24, 2.45) is 0 Å². The molecule has 1 aliphatic heterocycles. The van der Waals surface area contributed by atoms with Gasteiger partial charge in [0.1, 0.15) is 4.21 Å². The van der Waals surface area contributed by atoms with E-state index in [2.05, 4.69) is 4.72 Å². The van der Waals surface area contributed by atoms with Gasteiger partial charge >= 0.3 is 0 Å². The highest BCUT2D eigenvalue weighted by Crippen LogP contribution is 2.27. The molecule has 1 aliphatic rings. The lowest BCUT2D eigenvalue weighted by atomic mass is 10.0. The van der Waals surface area contributed by atoms with E-state index in [1.54, 1.807) is 12.3 Å². The molecule has 1 atom stereocenters. The fraction of sp³-hybridized carbons (Fsp3) is 0.600. The van der Waals surface area contributed by atoms with Crippen LogP contribution in [0.3, 0.4) is 0 Å². The van der Waals surface area contributed by atoms with E-state index in [1.165, 1.54) is 6.07 Å². The summed E-state index contributed by atoms with van der Waals surface area (Å²) in [5, 5.41) is 10.5. The first kappa shape index (κ1) is 14.9. The standard InChI is InChI=1S/C10H15NO5S3/c1-10(2-3-18(13,14)7-10)11-19(15,16)9-4-8(5-12)6-17-9/h4,6,11-12H,2-3,5,7H2,1H3. The van der Waals surface area contributed by atoms with Crippen LogP contribution in [0.25, 0.3) is 0 Å². The number of aliphatic hydroxyl groups excluding tert-OH is 1. The molecule has 0 bridgehead atoms. The number of hydrogen-bond donors (Lipinski definition) is 2. The first-order chi connectivity index (χ1) is 8.66. The maximum Gasteiger partial charge on any atom is 0.250 e. The normalized spacial score (nSPS) is 26.6. The highest BCUT2D eigenvalue weighted by molar-refractivity contribution is 7.92. The fourth-order valence-electron chi connectivity index (χ4n) is 2.04. The molecule has 6 nitrogen and oxygen atoms in total. The first-order valence-corrected chi connectivity index (χ1v) is 9.77. The smallest absolute Gasteiger partial charge is 0.250 e. The van der Waals surface area contributed by atoms with Gasteiger partial charge in [0.15, 0.2) is 9.84 Å². The van der Waals surface area contributed by atoms with Gasteiger partial charge in [-0.15, -0.1) is 11.3 Å². The van der Waals surface area contributed by atoms with E-state index < -0.39 is 25.4 Å². The average Bonchev–Trinajstić information content (AvgIpc) is 2.83. The lowest BCUT2D eigenvalue weighted by Crippen LogP contribution is -2.46. The second-order valence-electron chi connectivity index (χ2n) is 4.94. The zero-order valence-corrected chi connectivity index (χ0v) is 12.7. The number of rotatable bonds is 4. The summed E-state index contributed by atoms with van der Waals surface area (Å²) in [4.78, 5) is 0. The Kier molecular flexibility index (Phi) is 3.78. The summed E-state index contributed by atoms with van der Waals surface area (Å²) >= 11 is 1.00. The van der Waals surface area contributed by atoms with Crippen molar-refractivity contribution in [1.29, 1.82) is 0 Å². The van der Waals surface area contributed by atoms with Crippen molar-refractivity contribution in [2.45, 2.75) is 29.7 Å². The van der Waals surface area contributed by atoms with Crippen LogP contribution in [-0.2, 0) is 26.5 Å². The molecule has 1 aromatic rings. The number of sulfone groups is 1. The molecule has 0 spiro atoms. The SMILES string of the molecule is CC1(NS(=O)(=O)c2cc(CO)cs2)CCS(=O)(=O)C1. The van der Waals surface area contributed by atoms with Crippen LogP contribution in [0.1, 0.15) is 18.9 Å². The summed E-state index contributed by atoms with van der Waals surface area (Å²) in [7, 11) is -6.92. The molecular weight excluding hydrogens is 310 g/mol. The van der Waals surface area contributed by atoms with Crippen molar-refractivity contribution in [3.05, 3.63) is 17.0 Å². The molecule has 0 aliphatic carbocycles. The quantitative estimate of drug-likeness (QED) is 0.817. The lowest BCUT2D eigenvalue weighted by Gasteiger charge is -2.22. The van der Waals surface area contributed by atoms with Crippen LogP contribution in [-0.4, -0.2) is 39.0 Å². The molecule has 1 unspecified atom stereocenters. The highest BCUT2D eigenvalue weighted by Gasteiger charge is 2.41. The summed E-state index contributed by atoms with van der Waals surface area (Å²) in [6, 6.07) is 1.39. The van der Waals surface area contributed by atoms with Crippen LogP contribution in [0.4, 0.5) is 0 Å². The van der Waals surface area contributed by atoms with Crippen LogP contribution in [0.15, 0.2) is 15.7 Å². The predicted molar refractivity (Wildman–Crippen MR) is 72.2 cm³/mol. The van der Waals surface area contributed by atoms with E-state index in [-0.39, 0.29) is 28.7 Å². The van der Waals surface area contributed by atoms with E-state index in [1.807, 2.05) is 0 Å². The molecule has 108 valence electrons. The fourth-order valence-corrected chi connectivity index (χ4v) is 6.86. The zero-order valence-electron chi connectivity index (χ0n) is 10.3. The molecule has 1 aromatic heterocycles. The molecule has 1 saturated heterocycles. The van der Waals surface area contributed by atoms with E-state index in [0.29, 0.717) is 5.56 Å². The Balaban J connectivity index is 2.23. The van der Waals surface area contributed by atoms with Crippen LogP contribution in [0.2, 0.25) is 0 Å². The van der Waals surface area contributed by atoms with Crippen molar-refractivity contribution >= 4 is 31.2 Å². The monoisotopic (exact) mass is 325 g/mol. The average molecular weight is 325 g/mol. The zero-order chi connectivity index (χ0) is 14.3. The molecule has 0 aromatic carbocycles. The molecule has 2 N–H and O–H groups in total. The molecule has 0 saturated carbocycles. The third-order valence-corrected chi connectivity index (χ3v) is 7.99. The molecule has 0 amide bonds. The lowest BCUT2D eigenvalue weighted by molar-refractivity contribution is 0.282. The van der Waals surface area contributed by atoms with Crippen molar-refractivity contribution in [3.63, 3.8) is 0 Å². The van der Waals surface area contributed by atoms with Crippen molar-refractivity contribution in [2.75, 3.05) is 11.5 Å². The van der Waals surface area contributed by atoms with Gasteiger partial charge in [0.25, 0.3) is 10.0 Å². The summed E-state index contributed by atoms with van der Waals surface area (Å²) in [5.74, 6) is -0.185. The van der Waals surface area contributed by atoms with Gasteiger partial charge in [0, 0.05) is 5.54 Å². The maximum atomic E-state index is 12.2. The number of aliphatic hydroxyl groups is 1. The minimum atomic E-state index is -3.75. The summed E-state index contributed by atoms with van der Waals surface area (Å²) in [6.07, 6.45) is 0.271. The van der Waals surface area contributed by atoms with Gasteiger partial charge in [-0.3, -0.25) is 0 Å². The van der Waals surface area contributed by atoms with E-state index in [0.717, 1.165) is 11.3 Å². The van der Waals surface area contributed by atoms with Gasteiger partial charge in [0.05, 0.1) is 18.1 Å². The Morgan fingerprint density at radius 3 is 2.68 bits per heavy atom. The van der Waals surface area contributed by atoms with Crippen LogP contribution in [0, 0.1) is 0 Å². The summed E-state index contributed by atoms with van der Waals surface area (Å²) in [6.45, 7) is 1.37. The second-order valence-corrected chi connectivity index (χ2v) is 9.94. The van der Waals surface area contributed by atoms with Gasteiger partial charge in [-0.25, -0.2) is 21.6 Å². The van der Waals surface area contributed by atoms with Gasteiger partial charge < -0.3 is 5.11 Å². The Bertz CT molecular complexity index is 676. The van der Waals surface area contributed by atoms with E-state index >= 15 is 0 Å². The minimum Gasteiger partial charge on any atom is -0.392 e. The van der Waals surface area contributed by atoms with Crippen LogP contribution < -0.4 is 4.72 Å². The molecule has 0 radical (unpaired) electrons. The van der Waals surface area contributed by atoms with Crippen LogP contribution >= 0.6 is 11.3 Å². The van der Waals surface area contributed by atoms with Crippen molar-refractivity contribution in [1.82, 2.24) is 4.72 Å². The molecule has 2 heterocycles. The van der Waals surface area contributed by atoms with Gasteiger partial charge in [-0.05, 0) is 30.4 Å². The predicted octanol–water partition coefficient (Wildman–Crippen LogP) is 0.0959. The number of hydrogen-bond acceptors (Lipinski definition) is 6. The molecular formula is C10H15NO5S3. The summed E-state index contributed by atoms with van der Waals surface area (Å²) < 4.78 is 49.8. The Hall–Kier alpha value is -0.480. The topological polar surface area (TPSA) is 101 Å². The summed E-state index contributed by atoms with van der Waals surface area (Å²) in [5.41, 5.74) is -0.435. The number of sulfonamides is 1.